The monoisotopic (exact) mass is 295 g/mol. The fourth-order valence-corrected chi connectivity index (χ4v) is 4.05. The fraction of sp³-hybridized carbons (Fsp3) is 0.800. The molecule has 2 aliphatic heterocycles. The van der Waals surface area contributed by atoms with Crippen molar-refractivity contribution in [2.24, 2.45) is 0 Å². The van der Waals surface area contributed by atoms with E-state index in [1.54, 1.807) is 0 Å². The Hall–Kier alpha value is -0.490. The van der Waals surface area contributed by atoms with Crippen molar-refractivity contribution in [1.82, 2.24) is 14.8 Å². The zero-order chi connectivity index (χ0) is 13.6. The van der Waals surface area contributed by atoms with E-state index in [9.17, 15) is 0 Å². The molecule has 2 aliphatic rings. The number of nitrogens with zero attached hydrogens (tertiary/aromatic N) is 3. The summed E-state index contributed by atoms with van der Waals surface area (Å²) in [6.07, 6.45) is 7.17. The van der Waals surface area contributed by atoms with Gasteiger partial charge in [-0.3, -0.25) is 9.80 Å². The number of morpholine rings is 1. The van der Waals surface area contributed by atoms with Gasteiger partial charge in [0.05, 0.1) is 19.3 Å². The number of thiazole rings is 1. The van der Waals surface area contributed by atoms with Gasteiger partial charge >= 0.3 is 0 Å². The van der Waals surface area contributed by atoms with Gasteiger partial charge in [0.1, 0.15) is 5.01 Å². The molecule has 20 heavy (non-hydrogen) atoms. The largest absolute Gasteiger partial charge is 0.379 e. The van der Waals surface area contributed by atoms with Crippen LogP contribution in [0.4, 0.5) is 0 Å². The van der Waals surface area contributed by atoms with Gasteiger partial charge in [0.2, 0.25) is 0 Å². The van der Waals surface area contributed by atoms with E-state index in [2.05, 4.69) is 20.2 Å². The summed E-state index contributed by atoms with van der Waals surface area (Å²) in [4.78, 5) is 9.68. The summed E-state index contributed by atoms with van der Waals surface area (Å²) >= 11 is 1.81. The van der Waals surface area contributed by atoms with Gasteiger partial charge in [-0.2, -0.15) is 0 Å². The second-order valence-corrected chi connectivity index (χ2v) is 6.65. The molecule has 2 fully saturated rings. The summed E-state index contributed by atoms with van der Waals surface area (Å²) in [6, 6.07) is 0.596. The molecular weight excluding hydrogens is 270 g/mol. The van der Waals surface area contributed by atoms with Crippen molar-refractivity contribution in [3.63, 3.8) is 0 Å². The smallest absolute Gasteiger partial charge is 0.110 e. The molecule has 4 nitrogen and oxygen atoms in total. The predicted octanol–water partition coefficient (Wildman–Crippen LogP) is 2.39. The van der Waals surface area contributed by atoms with Crippen LogP contribution in [0.25, 0.3) is 0 Å². The number of rotatable bonds is 6. The normalized spacial score (nSPS) is 25.3. The Balaban J connectivity index is 1.37. The Bertz CT molecular complexity index is 378. The number of hydrogen-bond acceptors (Lipinski definition) is 5. The van der Waals surface area contributed by atoms with Crippen LogP contribution in [-0.2, 0) is 4.74 Å². The van der Waals surface area contributed by atoms with E-state index < -0.39 is 0 Å². The molecule has 1 unspecified atom stereocenters. The quantitative estimate of drug-likeness (QED) is 0.754. The molecule has 0 bridgehead atoms. The third-order valence-electron chi connectivity index (χ3n) is 4.37. The van der Waals surface area contributed by atoms with Gasteiger partial charge in [0.15, 0.2) is 0 Å². The fourth-order valence-electron chi connectivity index (χ4n) is 3.25. The van der Waals surface area contributed by atoms with Crippen LogP contribution in [0, 0.1) is 0 Å². The van der Waals surface area contributed by atoms with Crippen molar-refractivity contribution < 1.29 is 4.74 Å². The Kier molecular flexibility index (Phi) is 5.42. The van der Waals surface area contributed by atoms with Crippen LogP contribution in [0.1, 0.15) is 36.7 Å². The Morgan fingerprint density at radius 3 is 2.85 bits per heavy atom. The lowest BCUT2D eigenvalue weighted by atomic mass is 10.2. The molecule has 1 aromatic heterocycles. The van der Waals surface area contributed by atoms with Crippen molar-refractivity contribution in [1.29, 1.82) is 0 Å². The highest BCUT2D eigenvalue weighted by atomic mass is 32.1. The first-order chi connectivity index (χ1) is 9.93. The summed E-state index contributed by atoms with van der Waals surface area (Å²) in [6.45, 7) is 7.78. The lowest BCUT2D eigenvalue weighted by Gasteiger charge is -2.27. The van der Waals surface area contributed by atoms with Crippen LogP contribution in [0.15, 0.2) is 11.6 Å². The molecule has 112 valence electrons. The van der Waals surface area contributed by atoms with Gasteiger partial charge in [0, 0.05) is 24.7 Å². The van der Waals surface area contributed by atoms with E-state index in [0.717, 1.165) is 26.3 Å². The minimum absolute atomic E-state index is 0.596. The molecular formula is C15H25N3OS. The average molecular weight is 295 g/mol. The number of likely N-dealkylation sites (tertiary alicyclic amines) is 1. The zero-order valence-corrected chi connectivity index (χ0v) is 13.0. The molecule has 5 heteroatoms. The molecule has 0 saturated carbocycles. The Morgan fingerprint density at radius 1 is 1.20 bits per heavy atom. The molecule has 3 heterocycles. The molecule has 0 spiro atoms. The summed E-state index contributed by atoms with van der Waals surface area (Å²) in [5.41, 5.74) is 0. The van der Waals surface area contributed by atoms with Gasteiger partial charge in [-0.1, -0.05) is 0 Å². The summed E-state index contributed by atoms with van der Waals surface area (Å²) in [5, 5.41) is 3.42. The third kappa shape index (κ3) is 3.79. The van der Waals surface area contributed by atoms with Gasteiger partial charge in [-0.25, -0.2) is 4.98 Å². The predicted molar refractivity (Wildman–Crippen MR) is 82.2 cm³/mol. The van der Waals surface area contributed by atoms with Crippen LogP contribution < -0.4 is 0 Å². The first kappa shape index (κ1) is 14.4. The minimum Gasteiger partial charge on any atom is -0.379 e. The summed E-state index contributed by atoms with van der Waals surface area (Å²) in [7, 11) is 0. The van der Waals surface area contributed by atoms with Gasteiger partial charge < -0.3 is 4.74 Å². The zero-order valence-electron chi connectivity index (χ0n) is 12.2. The van der Waals surface area contributed by atoms with Crippen LogP contribution in [0.2, 0.25) is 0 Å². The Labute approximate surface area is 125 Å². The maximum Gasteiger partial charge on any atom is 0.110 e. The molecule has 1 aromatic rings. The van der Waals surface area contributed by atoms with Gasteiger partial charge in [0.25, 0.3) is 0 Å². The van der Waals surface area contributed by atoms with E-state index in [1.807, 2.05) is 17.5 Å². The van der Waals surface area contributed by atoms with Gasteiger partial charge in [-0.15, -0.1) is 11.3 Å². The average Bonchev–Trinajstić information content (AvgIpc) is 3.15. The maximum absolute atomic E-state index is 5.39. The Morgan fingerprint density at radius 2 is 2.05 bits per heavy atom. The molecule has 0 aromatic carbocycles. The van der Waals surface area contributed by atoms with E-state index in [4.69, 9.17) is 4.74 Å². The van der Waals surface area contributed by atoms with E-state index in [0.29, 0.717) is 6.04 Å². The highest BCUT2D eigenvalue weighted by molar-refractivity contribution is 7.09. The second kappa shape index (κ2) is 7.50. The highest BCUT2D eigenvalue weighted by Gasteiger charge is 2.27. The molecule has 0 radical (unpaired) electrons. The third-order valence-corrected chi connectivity index (χ3v) is 5.25. The first-order valence-corrected chi connectivity index (χ1v) is 8.75. The van der Waals surface area contributed by atoms with Crippen LogP contribution in [0.5, 0.6) is 0 Å². The maximum atomic E-state index is 5.39. The van der Waals surface area contributed by atoms with Crippen LogP contribution >= 0.6 is 11.3 Å². The SMILES string of the molecule is c1csc(C2CCCN2CCCCN2CCOCC2)n1. The van der Waals surface area contributed by atoms with Crippen LogP contribution in [0.3, 0.4) is 0 Å². The molecule has 0 aliphatic carbocycles. The van der Waals surface area contributed by atoms with E-state index in [1.165, 1.54) is 50.3 Å². The summed E-state index contributed by atoms with van der Waals surface area (Å²) in [5.74, 6) is 0. The van der Waals surface area contributed by atoms with Crippen molar-refractivity contribution in [3.05, 3.63) is 16.6 Å². The lowest BCUT2D eigenvalue weighted by molar-refractivity contribution is 0.0368. The number of hydrogen-bond donors (Lipinski definition) is 0. The van der Waals surface area contributed by atoms with Crippen LogP contribution in [-0.4, -0.2) is 60.7 Å². The van der Waals surface area contributed by atoms with Crippen molar-refractivity contribution in [2.45, 2.75) is 31.7 Å². The van der Waals surface area contributed by atoms with Crippen molar-refractivity contribution in [2.75, 3.05) is 45.9 Å². The molecule has 1 atom stereocenters. The van der Waals surface area contributed by atoms with E-state index >= 15 is 0 Å². The number of aromatic nitrogens is 1. The highest BCUT2D eigenvalue weighted by Crippen LogP contribution is 2.32. The first-order valence-electron chi connectivity index (χ1n) is 7.87. The van der Waals surface area contributed by atoms with Gasteiger partial charge in [-0.05, 0) is 45.3 Å². The van der Waals surface area contributed by atoms with Crippen molar-refractivity contribution >= 4 is 11.3 Å². The molecule has 3 rings (SSSR count). The van der Waals surface area contributed by atoms with E-state index in [-0.39, 0.29) is 0 Å². The lowest BCUT2D eigenvalue weighted by Crippen LogP contribution is -2.37. The molecule has 0 N–H and O–H groups in total. The molecule has 0 amide bonds. The molecule has 2 saturated heterocycles. The second-order valence-electron chi connectivity index (χ2n) is 5.73. The number of unbranched alkanes of at least 4 members (excludes halogenated alkanes) is 1. The summed E-state index contributed by atoms with van der Waals surface area (Å²) < 4.78 is 5.39. The number of ether oxygens (including phenoxy) is 1. The topological polar surface area (TPSA) is 28.6 Å². The minimum atomic E-state index is 0.596. The standard InChI is InChI=1S/C15H25N3OS/c1(6-17-9-11-19-12-10-17)2-7-18-8-3-4-14(18)15-16-5-13-20-15/h5,13-14H,1-4,6-12H2. The van der Waals surface area contributed by atoms with Crippen molar-refractivity contribution in [3.8, 4) is 0 Å².